The Bertz CT molecular complexity index is 1310. The summed E-state index contributed by atoms with van der Waals surface area (Å²) in [6.45, 7) is 4.15. The number of benzene rings is 3. The average molecular weight is 417 g/mol. The van der Waals surface area contributed by atoms with Gasteiger partial charge in [-0.2, -0.15) is 0 Å². The van der Waals surface area contributed by atoms with Crippen molar-refractivity contribution < 1.29 is 4.92 Å². The van der Waals surface area contributed by atoms with Gasteiger partial charge in [0.25, 0.3) is 11.2 Å². The maximum atomic E-state index is 13.3. The summed E-state index contributed by atoms with van der Waals surface area (Å²) in [6, 6.07) is 19.5. The smallest absolute Gasteiger partial charge is 0.268 e. The van der Waals surface area contributed by atoms with Gasteiger partial charge in [0.2, 0.25) is 0 Å². The topological polar surface area (TPSA) is 78.0 Å². The summed E-state index contributed by atoms with van der Waals surface area (Å²) in [5.74, 6) is 0.652. The fourth-order valence-electron chi connectivity index (χ4n) is 3.20. The molecule has 0 N–H and O–H groups in total. The summed E-state index contributed by atoms with van der Waals surface area (Å²) < 4.78 is 1.53. The third-order valence-electron chi connectivity index (χ3n) is 5.00. The van der Waals surface area contributed by atoms with Gasteiger partial charge in [0.05, 0.1) is 21.5 Å². The first-order valence-corrected chi connectivity index (χ1v) is 10.4. The van der Waals surface area contributed by atoms with Gasteiger partial charge in [-0.15, -0.1) is 0 Å². The molecule has 4 rings (SSSR count). The molecule has 0 bridgehead atoms. The highest BCUT2D eigenvalue weighted by Gasteiger charge is 2.15. The van der Waals surface area contributed by atoms with Crippen LogP contribution in [0.1, 0.15) is 16.7 Å². The molecule has 0 aliphatic rings. The van der Waals surface area contributed by atoms with E-state index in [0.717, 1.165) is 5.56 Å². The van der Waals surface area contributed by atoms with Crippen LogP contribution in [0, 0.1) is 24.0 Å². The van der Waals surface area contributed by atoms with Crippen molar-refractivity contribution in [3.05, 3.63) is 104 Å². The Balaban J connectivity index is 1.80. The van der Waals surface area contributed by atoms with Crippen LogP contribution in [0.15, 0.2) is 76.7 Å². The van der Waals surface area contributed by atoms with Gasteiger partial charge in [-0.3, -0.25) is 19.5 Å². The van der Waals surface area contributed by atoms with Crippen molar-refractivity contribution in [2.45, 2.75) is 24.8 Å². The molecular weight excluding hydrogens is 398 g/mol. The average Bonchev–Trinajstić information content (AvgIpc) is 2.75. The number of nitrogens with zero attached hydrogens (tertiary/aromatic N) is 3. The van der Waals surface area contributed by atoms with Gasteiger partial charge < -0.3 is 0 Å². The second kappa shape index (κ2) is 8.12. The third-order valence-corrected chi connectivity index (χ3v) is 6.01. The zero-order valence-electron chi connectivity index (χ0n) is 16.5. The van der Waals surface area contributed by atoms with E-state index in [4.69, 9.17) is 4.98 Å². The monoisotopic (exact) mass is 417 g/mol. The Hall–Kier alpha value is -3.45. The SMILES string of the molecule is Cc1ccc(CSc2nc3ccccc3c(=O)n2-c2ccc([N+](=O)[O-])cc2)cc1C. The first-order valence-electron chi connectivity index (χ1n) is 9.39. The molecule has 0 saturated carbocycles. The van der Waals surface area contributed by atoms with Crippen LogP contribution in [0.2, 0.25) is 0 Å². The van der Waals surface area contributed by atoms with Gasteiger partial charge in [-0.1, -0.05) is 42.1 Å². The number of para-hydroxylation sites is 1. The van der Waals surface area contributed by atoms with E-state index in [-0.39, 0.29) is 11.2 Å². The van der Waals surface area contributed by atoms with E-state index in [1.54, 1.807) is 24.3 Å². The van der Waals surface area contributed by atoms with Crippen molar-refractivity contribution in [3.8, 4) is 5.69 Å². The highest BCUT2D eigenvalue weighted by molar-refractivity contribution is 7.98. The maximum Gasteiger partial charge on any atom is 0.269 e. The van der Waals surface area contributed by atoms with E-state index in [9.17, 15) is 14.9 Å². The minimum atomic E-state index is -0.458. The van der Waals surface area contributed by atoms with Gasteiger partial charge in [0.1, 0.15) is 0 Å². The number of rotatable bonds is 5. The summed E-state index contributed by atoms with van der Waals surface area (Å²) in [7, 11) is 0. The fourth-order valence-corrected chi connectivity index (χ4v) is 4.16. The molecule has 150 valence electrons. The van der Waals surface area contributed by atoms with Gasteiger partial charge in [0, 0.05) is 17.9 Å². The van der Waals surface area contributed by atoms with Crippen LogP contribution in [-0.2, 0) is 5.75 Å². The van der Waals surface area contributed by atoms with E-state index >= 15 is 0 Å². The molecule has 0 spiro atoms. The molecule has 0 unspecified atom stereocenters. The number of hydrogen-bond donors (Lipinski definition) is 0. The predicted molar refractivity (Wildman–Crippen MR) is 119 cm³/mol. The van der Waals surface area contributed by atoms with E-state index in [2.05, 4.69) is 32.0 Å². The van der Waals surface area contributed by atoms with Crippen LogP contribution in [0.3, 0.4) is 0 Å². The second-order valence-electron chi connectivity index (χ2n) is 7.03. The molecule has 4 aromatic rings. The summed E-state index contributed by atoms with van der Waals surface area (Å²) in [6.07, 6.45) is 0. The molecule has 0 fully saturated rings. The van der Waals surface area contributed by atoms with E-state index in [1.807, 2.05) is 12.1 Å². The van der Waals surface area contributed by atoms with Gasteiger partial charge in [0.15, 0.2) is 5.16 Å². The van der Waals surface area contributed by atoms with Gasteiger partial charge in [-0.05, 0) is 54.8 Å². The molecule has 0 amide bonds. The summed E-state index contributed by atoms with van der Waals surface area (Å²) in [4.78, 5) is 28.5. The normalized spacial score (nSPS) is 11.0. The lowest BCUT2D eigenvalue weighted by Crippen LogP contribution is -2.21. The lowest BCUT2D eigenvalue weighted by atomic mass is 10.1. The van der Waals surface area contributed by atoms with Crippen molar-refractivity contribution in [3.63, 3.8) is 0 Å². The second-order valence-corrected chi connectivity index (χ2v) is 7.98. The number of aryl methyl sites for hydroxylation is 2. The molecule has 0 aliphatic carbocycles. The maximum absolute atomic E-state index is 13.3. The van der Waals surface area contributed by atoms with Crippen molar-refractivity contribution in [2.75, 3.05) is 0 Å². The highest BCUT2D eigenvalue weighted by Crippen LogP contribution is 2.26. The minimum absolute atomic E-state index is 0.0233. The largest absolute Gasteiger partial charge is 0.269 e. The molecule has 1 heterocycles. The Kier molecular flexibility index (Phi) is 5.37. The van der Waals surface area contributed by atoms with Crippen LogP contribution < -0.4 is 5.56 Å². The molecule has 0 radical (unpaired) electrons. The van der Waals surface area contributed by atoms with Gasteiger partial charge >= 0.3 is 0 Å². The molecule has 3 aromatic carbocycles. The number of nitro benzene ring substituents is 1. The number of fused-ring (bicyclic) bond motifs is 1. The van der Waals surface area contributed by atoms with Crippen LogP contribution in [-0.4, -0.2) is 14.5 Å². The van der Waals surface area contributed by atoms with Crippen molar-refractivity contribution in [1.82, 2.24) is 9.55 Å². The molecule has 6 nitrogen and oxygen atoms in total. The van der Waals surface area contributed by atoms with Crippen molar-refractivity contribution >= 4 is 28.4 Å². The standard InChI is InChI=1S/C23H19N3O3S/c1-15-7-8-17(13-16(15)2)14-30-23-24-21-6-4-3-5-20(21)22(27)25(23)18-9-11-19(12-10-18)26(28)29/h3-13H,14H2,1-2H3. The minimum Gasteiger partial charge on any atom is -0.268 e. The highest BCUT2D eigenvalue weighted by atomic mass is 32.2. The Morgan fingerprint density at radius 1 is 1.00 bits per heavy atom. The van der Waals surface area contributed by atoms with Crippen molar-refractivity contribution in [1.29, 1.82) is 0 Å². The zero-order valence-corrected chi connectivity index (χ0v) is 17.3. The molecule has 0 atom stereocenters. The lowest BCUT2D eigenvalue weighted by Gasteiger charge is -2.13. The molecule has 0 saturated heterocycles. The number of aromatic nitrogens is 2. The Morgan fingerprint density at radius 3 is 2.43 bits per heavy atom. The van der Waals surface area contributed by atoms with E-state index in [0.29, 0.717) is 27.5 Å². The molecule has 7 heteroatoms. The van der Waals surface area contributed by atoms with Gasteiger partial charge in [-0.25, -0.2) is 4.98 Å². The quantitative estimate of drug-likeness (QED) is 0.193. The first kappa shape index (κ1) is 19.8. The number of nitro groups is 1. The number of hydrogen-bond acceptors (Lipinski definition) is 5. The van der Waals surface area contributed by atoms with E-state index < -0.39 is 4.92 Å². The third kappa shape index (κ3) is 3.84. The summed E-state index contributed by atoms with van der Waals surface area (Å²) in [5.41, 5.74) is 4.54. The van der Waals surface area contributed by atoms with Crippen LogP contribution >= 0.6 is 11.8 Å². The van der Waals surface area contributed by atoms with E-state index in [1.165, 1.54) is 39.6 Å². The first-order chi connectivity index (χ1) is 14.4. The Morgan fingerprint density at radius 2 is 1.73 bits per heavy atom. The van der Waals surface area contributed by atoms with Crippen LogP contribution in [0.25, 0.3) is 16.6 Å². The summed E-state index contributed by atoms with van der Waals surface area (Å²) in [5, 5.41) is 12.0. The molecule has 0 aliphatic heterocycles. The molecule has 30 heavy (non-hydrogen) atoms. The zero-order chi connectivity index (χ0) is 21.3. The Labute approximate surface area is 177 Å². The van der Waals surface area contributed by atoms with Crippen LogP contribution in [0.5, 0.6) is 0 Å². The number of non-ortho nitro benzene ring substituents is 1. The number of thioether (sulfide) groups is 1. The molecular formula is C23H19N3O3S. The lowest BCUT2D eigenvalue weighted by molar-refractivity contribution is -0.384. The van der Waals surface area contributed by atoms with Crippen LogP contribution in [0.4, 0.5) is 5.69 Å². The fraction of sp³-hybridized carbons (Fsp3) is 0.130. The molecule has 1 aromatic heterocycles. The van der Waals surface area contributed by atoms with Crippen molar-refractivity contribution in [2.24, 2.45) is 0 Å². The summed E-state index contributed by atoms with van der Waals surface area (Å²) >= 11 is 1.47. The predicted octanol–water partition coefficient (Wildman–Crippen LogP) is 5.20.